The van der Waals surface area contributed by atoms with Crippen molar-refractivity contribution in [1.82, 2.24) is 5.32 Å². The third-order valence-electron chi connectivity index (χ3n) is 5.31. The van der Waals surface area contributed by atoms with E-state index < -0.39 is 0 Å². The fourth-order valence-electron chi connectivity index (χ4n) is 3.70. The Labute approximate surface area is 166 Å². The number of rotatable bonds is 5. The molecule has 1 saturated carbocycles. The van der Waals surface area contributed by atoms with Crippen LogP contribution in [0.1, 0.15) is 36.8 Å². The summed E-state index contributed by atoms with van der Waals surface area (Å²) in [5, 5.41) is 6.01. The first-order valence-corrected chi connectivity index (χ1v) is 9.96. The molecule has 0 atom stereocenters. The van der Waals surface area contributed by atoms with Crippen molar-refractivity contribution in [3.8, 4) is 5.75 Å². The smallest absolute Gasteiger partial charge is 0.258 e. The zero-order chi connectivity index (χ0) is 18.9. The molecule has 0 bridgehead atoms. The third-order valence-corrected chi connectivity index (χ3v) is 5.80. The second-order valence-corrected chi connectivity index (χ2v) is 8.07. The topological polar surface area (TPSA) is 67.4 Å². The molecule has 2 aliphatic rings. The Balaban J connectivity index is 1.39. The van der Waals surface area contributed by atoms with Crippen LogP contribution >= 0.6 is 15.9 Å². The maximum Gasteiger partial charge on any atom is 0.258 e. The summed E-state index contributed by atoms with van der Waals surface area (Å²) in [6.45, 7) is -0.0269. The number of benzene rings is 2. The number of hydrogen-bond donors (Lipinski definition) is 2. The number of hydrogen-bond acceptors (Lipinski definition) is 3. The minimum absolute atomic E-state index is 0.0269. The monoisotopic (exact) mass is 428 g/mol. The van der Waals surface area contributed by atoms with Crippen molar-refractivity contribution in [2.75, 3.05) is 11.9 Å². The van der Waals surface area contributed by atoms with Gasteiger partial charge in [-0.1, -0.05) is 28.1 Å². The van der Waals surface area contributed by atoms with Gasteiger partial charge in [-0.15, -0.1) is 0 Å². The Hall–Kier alpha value is -2.34. The average molecular weight is 429 g/mol. The fraction of sp³-hybridized carbons (Fsp3) is 0.333. The number of anilines is 1. The van der Waals surface area contributed by atoms with E-state index in [4.69, 9.17) is 4.74 Å². The number of ether oxygens (including phenoxy) is 1. The molecule has 2 amide bonds. The van der Waals surface area contributed by atoms with Crippen LogP contribution in [0.5, 0.6) is 5.75 Å². The lowest BCUT2D eigenvalue weighted by Gasteiger charge is -2.43. The van der Waals surface area contributed by atoms with Crippen LogP contribution in [0.15, 0.2) is 46.9 Å². The van der Waals surface area contributed by atoms with Gasteiger partial charge in [0, 0.05) is 16.6 Å². The van der Waals surface area contributed by atoms with E-state index in [2.05, 4.69) is 38.7 Å². The number of aryl methyl sites for hydroxylation is 1. The summed E-state index contributed by atoms with van der Waals surface area (Å²) >= 11 is 3.51. The maximum atomic E-state index is 12.5. The highest BCUT2D eigenvalue weighted by molar-refractivity contribution is 9.10. The normalized spacial score (nSPS) is 17.3. The summed E-state index contributed by atoms with van der Waals surface area (Å²) in [6, 6.07) is 13.6. The second-order valence-electron chi connectivity index (χ2n) is 7.15. The molecule has 6 heteroatoms. The zero-order valence-electron chi connectivity index (χ0n) is 14.9. The van der Waals surface area contributed by atoms with Gasteiger partial charge in [-0.2, -0.15) is 0 Å². The molecule has 0 unspecified atom stereocenters. The number of nitrogens with one attached hydrogen (secondary N) is 2. The van der Waals surface area contributed by atoms with Crippen molar-refractivity contribution in [2.45, 2.75) is 37.6 Å². The summed E-state index contributed by atoms with van der Waals surface area (Å²) < 4.78 is 6.71. The molecule has 0 spiro atoms. The van der Waals surface area contributed by atoms with Crippen LogP contribution < -0.4 is 15.4 Å². The van der Waals surface area contributed by atoms with E-state index in [9.17, 15) is 9.59 Å². The summed E-state index contributed by atoms with van der Waals surface area (Å²) in [7, 11) is 0. The van der Waals surface area contributed by atoms with E-state index in [1.165, 1.54) is 0 Å². The lowest BCUT2D eigenvalue weighted by Crippen LogP contribution is -2.52. The first-order chi connectivity index (χ1) is 13.0. The fourth-order valence-corrected chi connectivity index (χ4v) is 4.10. The minimum atomic E-state index is -0.287. The summed E-state index contributed by atoms with van der Waals surface area (Å²) in [5.74, 6) is 0.555. The van der Waals surface area contributed by atoms with E-state index in [1.54, 1.807) is 6.07 Å². The van der Waals surface area contributed by atoms with Crippen molar-refractivity contribution in [2.24, 2.45) is 0 Å². The molecule has 27 heavy (non-hydrogen) atoms. The number of halogens is 1. The van der Waals surface area contributed by atoms with E-state index in [0.717, 1.165) is 40.5 Å². The first-order valence-electron chi connectivity index (χ1n) is 9.17. The molecule has 5 nitrogen and oxygen atoms in total. The Morgan fingerprint density at radius 3 is 2.78 bits per heavy atom. The number of fused-ring (bicyclic) bond motifs is 1. The van der Waals surface area contributed by atoms with Crippen molar-refractivity contribution in [3.63, 3.8) is 0 Å². The lowest BCUT2D eigenvalue weighted by atomic mass is 9.72. The van der Waals surface area contributed by atoms with Gasteiger partial charge in [-0.05, 0) is 67.1 Å². The molecule has 0 radical (unpaired) electrons. The summed E-state index contributed by atoms with van der Waals surface area (Å²) in [4.78, 5) is 23.9. The Kier molecular flexibility index (Phi) is 4.91. The van der Waals surface area contributed by atoms with Gasteiger partial charge >= 0.3 is 0 Å². The molecule has 2 aromatic carbocycles. The van der Waals surface area contributed by atoms with Gasteiger partial charge in [-0.3, -0.25) is 9.59 Å². The van der Waals surface area contributed by atoms with Crippen LogP contribution in [0.25, 0.3) is 0 Å². The maximum absolute atomic E-state index is 12.5. The molecule has 1 fully saturated rings. The highest BCUT2D eigenvalue weighted by Gasteiger charge is 2.40. The van der Waals surface area contributed by atoms with Crippen LogP contribution in [-0.4, -0.2) is 18.4 Å². The second kappa shape index (κ2) is 7.35. The van der Waals surface area contributed by atoms with Crippen molar-refractivity contribution < 1.29 is 14.3 Å². The summed E-state index contributed by atoms with van der Waals surface area (Å²) in [5.41, 5.74) is 2.70. The predicted molar refractivity (Wildman–Crippen MR) is 107 cm³/mol. The van der Waals surface area contributed by atoms with E-state index >= 15 is 0 Å². The Morgan fingerprint density at radius 1 is 1.19 bits per heavy atom. The molecule has 2 aromatic rings. The van der Waals surface area contributed by atoms with Gasteiger partial charge < -0.3 is 15.4 Å². The largest absolute Gasteiger partial charge is 0.484 e. The quantitative estimate of drug-likeness (QED) is 0.758. The van der Waals surface area contributed by atoms with E-state index in [0.29, 0.717) is 18.6 Å². The van der Waals surface area contributed by atoms with Crippen molar-refractivity contribution in [3.05, 3.63) is 58.1 Å². The number of carbonyl (C=O) groups excluding carboxylic acids is 2. The average Bonchev–Trinajstić information content (AvgIpc) is 2.63. The van der Waals surface area contributed by atoms with Crippen LogP contribution in [0.2, 0.25) is 0 Å². The molecule has 0 saturated heterocycles. The SMILES string of the molecule is O=C1CCc2cc(OCC(=O)NC3(c4cccc(Br)c4)CCC3)ccc2N1. The molecule has 1 aliphatic carbocycles. The highest BCUT2D eigenvalue weighted by Crippen LogP contribution is 2.41. The molecule has 140 valence electrons. The van der Waals surface area contributed by atoms with Crippen LogP contribution in [-0.2, 0) is 21.5 Å². The van der Waals surface area contributed by atoms with Crippen LogP contribution in [0.4, 0.5) is 5.69 Å². The molecule has 4 rings (SSSR count). The van der Waals surface area contributed by atoms with Crippen molar-refractivity contribution in [1.29, 1.82) is 0 Å². The molecule has 1 aliphatic heterocycles. The van der Waals surface area contributed by atoms with Gasteiger partial charge in [0.05, 0.1) is 5.54 Å². The molecular weight excluding hydrogens is 408 g/mol. The lowest BCUT2D eigenvalue weighted by molar-refractivity contribution is -0.126. The molecule has 2 N–H and O–H groups in total. The Morgan fingerprint density at radius 2 is 2.04 bits per heavy atom. The van der Waals surface area contributed by atoms with Gasteiger partial charge in [0.2, 0.25) is 5.91 Å². The van der Waals surface area contributed by atoms with E-state index in [-0.39, 0.29) is 24.0 Å². The first kappa shape index (κ1) is 18.0. The minimum Gasteiger partial charge on any atom is -0.484 e. The number of carbonyl (C=O) groups is 2. The van der Waals surface area contributed by atoms with Gasteiger partial charge in [0.15, 0.2) is 6.61 Å². The van der Waals surface area contributed by atoms with Gasteiger partial charge in [-0.25, -0.2) is 0 Å². The predicted octanol–water partition coefficient (Wildman–Crippen LogP) is 3.91. The molecule has 0 aromatic heterocycles. The Bertz CT molecular complexity index is 893. The van der Waals surface area contributed by atoms with Gasteiger partial charge in [0.1, 0.15) is 5.75 Å². The molecule has 1 heterocycles. The van der Waals surface area contributed by atoms with Gasteiger partial charge in [0.25, 0.3) is 5.91 Å². The highest BCUT2D eigenvalue weighted by atomic mass is 79.9. The zero-order valence-corrected chi connectivity index (χ0v) is 16.5. The summed E-state index contributed by atoms with van der Waals surface area (Å²) in [6.07, 6.45) is 4.15. The standard InChI is InChI=1S/C21H21BrN2O3/c22-16-4-1-3-15(12-16)21(9-2-10-21)24-20(26)13-27-17-6-7-18-14(11-17)5-8-19(25)23-18/h1,3-4,6-7,11-12H,2,5,8-10,13H2,(H,23,25)(H,24,26). The third kappa shape index (κ3) is 3.86. The molecular formula is C21H21BrN2O3. The van der Waals surface area contributed by atoms with E-state index in [1.807, 2.05) is 24.3 Å². The van der Waals surface area contributed by atoms with Crippen molar-refractivity contribution >= 4 is 33.4 Å². The number of amides is 2. The van der Waals surface area contributed by atoms with Crippen LogP contribution in [0, 0.1) is 0 Å². The van der Waals surface area contributed by atoms with Crippen LogP contribution in [0.3, 0.4) is 0 Å².